The Morgan fingerprint density at radius 3 is 3.08 bits per heavy atom. The third-order valence-electron chi connectivity index (χ3n) is 1.93. The van der Waals surface area contributed by atoms with Crippen molar-refractivity contribution in [1.82, 2.24) is 0 Å². The molecule has 0 unspecified atom stereocenters. The van der Waals surface area contributed by atoms with Crippen LogP contribution in [0.3, 0.4) is 0 Å². The predicted octanol–water partition coefficient (Wildman–Crippen LogP) is 2.51. The minimum absolute atomic E-state index is 0.466. The Kier molecular flexibility index (Phi) is 2.00. The van der Waals surface area contributed by atoms with Crippen LogP contribution in [-0.4, -0.2) is 12.7 Å². The second-order valence-electron chi connectivity index (χ2n) is 3.16. The van der Waals surface area contributed by atoms with Gasteiger partial charge in [-0.25, -0.2) is 0 Å². The molecule has 1 saturated heterocycles. The molecule has 2 heteroatoms. The van der Waals surface area contributed by atoms with Crippen LogP contribution >= 0.6 is 0 Å². The van der Waals surface area contributed by atoms with Crippen molar-refractivity contribution >= 4 is 0 Å². The van der Waals surface area contributed by atoms with Gasteiger partial charge in [0.15, 0.2) is 0 Å². The second-order valence-corrected chi connectivity index (χ2v) is 3.16. The number of nitrogens with zero attached hydrogens (tertiary/aromatic N) is 1. The summed E-state index contributed by atoms with van der Waals surface area (Å²) in [6, 6.07) is 0. The molecule has 0 aromatic heterocycles. The maximum Gasteiger partial charge on any atom is 0.0843 e. The van der Waals surface area contributed by atoms with Crippen LogP contribution in [-0.2, 0) is 4.74 Å². The third-order valence-corrected chi connectivity index (χ3v) is 1.93. The van der Waals surface area contributed by atoms with E-state index in [0.717, 1.165) is 18.7 Å². The highest BCUT2D eigenvalue weighted by Crippen LogP contribution is 2.21. The van der Waals surface area contributed by atoms with Gasteiger partial charge in [0.1, 0.15) is 0 Å². The molecule has 0 bridgehead atoms. The molecule has 1 atom stereocenters. The average Bonchev–Trinajstić information content (AvgIpc) is 2.87. The van der Waals surface area contributed by atoms with E-state index < -0.39 is 0 Å². The van der Waals surface area contributed by atoms with Crippen LogP contribution in [0.5, 0.6) is 0 Å². The highest BCUT2D eigenvalue weighted by Gasteiger charge is 2.19. The largest absolute Gasteiger partial charge is 0.664 e. The zero-order valence-electron chi connectivity index (χ0n) is 7.16. The summed E-state index contributed by atoms with van der Waals surface area (Å²) in [5.74, 6) is 0. The fourth-order valence-electron chi connectivity index (χ4n) is 1.06. The first-order valence-corrected chi connectivity index (χ1v) is 4.22. The van der Waals surface area contributed by atoms with Crippen molar-refractivity contribution in [1.29, 1.82) is 0 Å². The Hall–Kier alpha value is -1.02. The van der Waals surface area contributed by atoms with Crippen LogP contribution in [0.4, 0.5) is 0 Å². The molecule has 0 spiro atoms. The Morgan fingerprint density at radius 1 is 1.67 bits per heavy atom. The molecule has 0 N–H and O–H groups in total. The first-order valence-electron chi connectivity index (χ1n) is 4.22. The molecule has 0 amide bonds. The molecule has 0 saturated carbocycles. The van der Waals surface area contributed by atoms with E-state index in [1.807, 2.05) is 19.2 Å². The van der Waals surface area contributed by atoms with Crippen LogP contribution in [0.1, 0.15) is 13.3 Å². The molecule has 2 nitrogen and oxygen atoms in total. The van der Waals surface area contributed by atoms with E-state index in [1.54, 1.807) is 0 Å². The lowest BCUT2D eigenvalue weighted by Crippen LogP contribution is -1.85. The van der Waals surface area contributed by atoms with Gasteiger partial charge in [0, 0.05) is 0 Å². The van der Waals surface area contributed by atoms with Crippen LogP contribution in [0.2, 0.25) is 0 Å². The zero-order chi connectivity index (χ0) is 8.39. The van der Waals surface area contributed by atoms with Gasteiger partial charge in [-0.1, -0.05) is 23.8 Å². The molecular weight excluding hydrogens is 150 g/mol. The number of hydrogen-bond donors (Lipinski definition) is 0. The van der Waals surface area contributed by atoms with E-state index in [4.69, 9.17) is 4.74 Å². The molecule has 2 aliphatic rings. The molecular formula is C10H12NO-. The van der Waals surface area contributed by atoms with E-state index >= 15 is 0 Å². The smallest absolute Gasteiger partial charge is 0.0843 e. The molecule has 0 aromatic carbocycles. The first-order chi connectivity index (χ1) is 5.84. The monoisotopic (exact) mass is 162 g/mol. The van der Waals surface area contributed by atoms with Crippen molar-refractivity contribution < 1.29 is 4.74 Å². The number of hydrogen-bond acceptors (Lipinski definition) is 1. The summed E-state index contributed by atoms with van der Waals surface area (Å²) in [6.45, 7) is 2.96. The van der Waals surface area contributed by atoms with Crippen LogP contribution in [0.15, 0.2) is 35.7 Å². The number of rotatable bonds is 2. The number of ether oxygens (including phenoxy) is 1. The van der Waals surface area contributed by atoms with Gasteiger partial charge in [-0.05, 0) is 13.3 Å². The molecule has 0 aromatic rings. The van der Waals surface area contributed by atoms with Crippen molar-refractivity contribution in [2.24, 2.45) is 0 Å². The molecule has 1 fully saturated rings. The Balaban J connectivity index is 1.89. The second kappa shape index (κ2) is 3.15. The van der Waals surface area contributed by atoms with Crippen molar-refractivity contribution in [2.75, 3.05) is 6.61 Å². The van der Waals surface area contributed by atoms with Gasteiger partial charge in [-0.2, -0.15) is 6.20 Å². The van der Waals surface area contributed by atoms with E-state index in [2.05, 4.69) is 17.5 Å². The molecule has 12 heavy (non-hydrogen) atoms. The van der Waals surface area contributed by atoms with E-state index in [9.17, 15) is 0 Å². The molecule has 64 valence electrons. The summed E-state index contributed by atoms with van der Waals surface area (Å²) in [5.41, 5.74) is 2.26. The van der Waals surface area contributed by atoms with Gasteiger partial charge in [0.05, 0.1) is 12.7 Å². The Morgan fingerprint density at radius 2 is 2.50 bits per heavy atom. The maximum atomic E-state index is 5.09. The normalized spacial score (nSPS) is 29.9. The highest BCUT2D eigenvalue weighted by molar-refractivity contribution is 5.44. The summed E-state index contributed by atoms with van der Waals surface area (Å²) in [7, 11) is 0. The third kappa shape index (κ3) is 1.98. The van der Waals surface area contributed by atoms with Crippen molar-refractivity contribution in [3.8, 4) is 0 Å². The van der Waals surface area contributed by atoms with E-state index in [1.165, 1.54) is 5.57 Å². The van der Waals surface area contributed by atoms with Gasteiger partial charge in [-0.15, -0.1) is 5.70 Å². The van der Waals surface area contributed by atoms with Crippen molar-refractivity contribution in [2.45, 2.75) is 19.4 Å². The lowest BCUT2D eigenvalue weighted by atomic mass is 10.2. The molecule has 2 aliphatic heterocycles. The van der Waals surface area contributed by atoms with Crippen LogP contribution < -0.4 is 0 Å². The highest BCUT2D eigenvalue weighted by atomic mass is 16.6. The van der Waals surface area contributed by atoms with Gasteiger partial charge in [-0.3, -0.25) is 0 Å². The lowest BCUT2D eigenvalue weighted by molar-refractivity contribution is 0.410. The minimum Gasteiger partial charge on any atom is -0.664 e. The fraction of sp³-hybridized carbons (Fsp3) is 0.400. The summed E-state index contributed by atoms with van der Waals surface area (Å²) in [6.07, 6.45) is 9.59. The SMILES string of the molecule is CC1=C[N-]/C(=C/C[C@H]2CO2)C=C1. The molecule has 2 rings (SSSR count). The molecule has 0 aliphatic carbocycles. The van der Waals surface area contributed by atoms with Gasteiger partial charge in [0.2, 0.25) is 0 Å². The lowest BCUT2D eigenvalue weighted by Gasteiger charge is -2.22. The van der Waals surface area contributed by atoms with Gasteiger partial charge >= 0.3 is 0 Å². The summed E-state index contributed by atoms with van der Waals surface area (Å²) in [5, 5.41) is 4.27. The quantitative estimate of drug-likeness (QED) is 0.573. The maximum absolute atomic E-state index is 5.09. The van der Waals surface area contributed by atoms with Gasteiger partial charge < -0.3 is 10.1 Å². The topological polar surface area (TPSA) is 26.6 Å². The van der Waals surface area contributed by atoms with E-state index in [-0.39, 0.29) is 0 Å². The standard InChI is InChI=1S/C10H12NO/c1-8-2-3-9(11-6-8)4-5-10-7-12-10/h2-4,6,10H,5,7H2,1H3/q-1/b9-4+/t10-/m0/s1. The first kappa shape index (κ1) is 7.62. The molecule has 0 radical (unpaired) electrons. The minimum atomic E-state index is 0.466. The molecule has 2 heterocycles. The predicted molar refractivity (Wildman–Crippen MR) is 48.7 cm³/mol. The fourth-order valence-corrected chi connectivity index (χ4v) is 1.06. The number of allylic oxidation sites excluding steroid dienone is 3. The average molecular weight is 162 g/mol. The van der Waals surface area contributed by atoms with Crippen LogP contribution in [0.25, 0.3) is 5.32 Å². The number of epoxide rings is 1. The van der Waals surface area contributed by atoms with Crippen molar-refractivity contribution in [3.63, 3.8) is 0 Å². The van der Waals surface area contributed by atoms with Crippen LogP contribution in [0, 0.1) is 0 Å². The van der Waals surface area contributed by atoms with Gasteiger partial charge in [0.25, 0.3) is 0 Å². The summed E-state index contributed by atoms with van der Waals surface area (Å²) in [4.78, 5) is 0. The Labute approximate surface area is 72.6 Å². The van der Waals surface area contributed by atoms with Crippen molar-refractivity contribution in [3.05, 3.63) is 41.0 Å². The zero-order valence-corrected chi connectivity index (χ0v) is 7.16. The summed E-state index contributed by atoms with van der Waals surface area (Å²) >= 11 is 0. The van der Waals surface area contributed by atoms with E-state index in [0.29, 0.717) is 6.10 Å². The Bertz CT molecular complexity index is 259. The summed E-state index contributed by atoms with van der Waals surface area (Å²) < 4.78 is 5.09.